The minimum absolute atomic E-state index is 0. The van der Waals surface area contributed by atoms with Crippen molar-refractivity contribution in [2.75, 3.05) is 7.05 Å². The summed E-state index contributed by atoms with van der Waals surface area (Å²) in [5.41, 5.74) is 2.67. The topological polar surface area (TPSA) is 69.3 Å². The lowest BCUT2D eigenvalue weighted by Gasteiger charge is -2.29. The number of aryl methyl sites for hydroxylation is 1. The number of halogens is 1. The van der Waals surface area contributed by atoms with Gasteiger partial charge in [0.05, 0.1) is 24.3 Å². The number of ether oxygens (including phenoxy) is 1. The Morgan fingerprint density at radius 2 is 2.12 bits per heavy atom. The summed E-state index contributed by atoms with van der Waals surface area (Å²) in [7, 11) is 3.91. The van der Waals surface area contributed by atoms with Crippen LogP contribution in [0.25, 0.3) is 16.8 Å². The first-order valence-corrected chi connectivity index (χ1v) is 8.40. The monoisotopic (exact) mass is 362 g/mol. The predicted molar refractivity (Wildman–Crippen MR) is 98.2 cm³/mol. The second kappa shape index (κ2) is 7.41. The second-order valence-corrected chi connectivity index (χ2v) is 6.39. The number of aromatic nitrogens is 5. The van der Waals surface area contributed by atoms with Gasteiger partial charge in [0.15, 0.2) is 0 Å². The van der Waals surface area contributed by atoms with Gasteiger partial charge in [-0.05, 0) is 38.8 Å². The largest absolute Gasteiger partial charge is 0.473 e. The van der Waals surface area contributed by atoms with Gasteiger partial charge in [-0.2, -0.15) is 10.2 Å². The number of fused-ring (bicyclic) bond motifs is 1. The third-order valence-corrected chi connectivity index (χ3v) is 4.67. The Labute approximate surface area is 152 Å². The third-order valence-electron chi connectivity index (χ3n) is 4.67. The lowest BCUT2D eigenvalue weighted by molar-refractivity contribution is 0.133. The van der Waals surface area contributed by atoms with Gasteiger partial charge in [-0.1, -0.05) is 0 Å². The smallest absolute Gasteiger partial charge is 0.240 e. The van der Waals surface area contributed by atoms with Crippen molar-refractivity contribution in [3.8, 4) is 17.1 Å². The molecular formula is C17H23ClN6O. The third kappa shape index (κ3) is 3.62. The van der Waals surface area contributed by atoms with Gasteiger partial charge in [-0.3, -0.25) is 4.68 Å². The molecule has 1 fully saturated rings. The Balaban J connectivity index is 0.00000182. The molecule has 2 atom stereocenters. The van der Waals surface area contributed by atoms with Crippen LogP contribution in [0.4, 0.5) is 0 Å². The van der Waals surface area contributed by atoms with Crippen molar-refractivity contribution in [1.29, 1.82) is 0 Å². The Bertz CT molecular complexity index is 845. The second-order valence-electron chi connectivity index (χ2n) is 6.39. The maximum Gasteiger partial charge on any atom is 0.240 e. The highest BCUT2D eigenvalue weighted by atomic mass is 35.5. The summed E-state index contributed by atoms with van der Waals surface area (Å²) >= 11 is 0. The molecule has 3 heterocycles. The van der Waals surface area contributed by atoms with Crippen LogP contribution in [0.15, 0.2) is 30.9 Å². The van der Waals surface area contributed by atoms with Crippen LogP contribution in [0.5, 0.6) is 5.88 Å². The molecule has 8 heteroatoms. The predicted octanol–water partition coefficient (Wildman–Crippen LogP) is 2.46. The first kappa shape index (κ1) is 17.7. The number of rotatable bonds is 4. The molecule has 0 amide bonds. The van der Waals surface area contributed by atoms with Crippen LogP contribution in [0, 0.1) is 0 Å². The Kier molecular flexibility index (Phi) is 5.24. The summed E-state index contributed by atoms with van der Waals surface area (Å²) in [6.45, 7) is 0. The molecule has 1 saturated carbocycles. The lowest BCUT2D eigenvalue weighted by atomic mass is 9.93. The van der Waals surface area contributed by atoms with Gasteiger partial charge in [0, 0.05) is 24.8 Å². The summed E-state index contributed by atoms with van der Waals surface area (Å²) in [5.74, 6) is 0.649. The van der Waals surface area contributed by atoms with Crippen LogP contribution in [0.1, 0.15) is 25.7 Å². The molecule has 4 rings (SSSR count). The van der Waals surface area contributed by atoms with Crippen LogP contribution in [0.3, 0.4) is 0 Å². The van der Waals surface area contributed by atoms with Crippen LogP contribution in [-0.4, -0.2) is 43.6 Å². The summed E-state index contributed by atoms with van der Waals surface area (Å²) in [5, 5.41) is 11.9. The van der Waals surface area contributed by atoms with Gasteiger partial charge in [-0.15, -0.1) is 12.4 Å². The minimum Gasteiger partial charge on any atom is -0.473 e. The molecule has 25 heavy (non-hydrogen) atoms. The van der Waals surface area contributed by atoms with E-state index in [4.69, 9.17) is 9.72 Å². The van der Waals surface area contributed by atoms with E-state index in [0.717, 1.165) is 29.6 Å². The van der Waals surface area contributed by atoms with E-state index in [0.29, 0.717) is 11.9 Å². The van der Waals surface area contributed by atoms with Crippen LogP contribution < -0.4 is 10.1 Å². The molecule has 1 aliphatic carbocycles. The van der Waals surface area contributed by atoms with E-state index in [9.17, 15) is 0 Å². The van der Waals surface area contributed by atoms with Gasteiger partial charge >= 0.3 is 0 Å². The number of nitrogens with zero attached hydrogens (tertiary/aromatic N) is 5. The molecular weight excluding hydrogens is 340 g/mol. The van der Waals surface area contributed by atoms with Crippen molar-refractivity contribution in [3.63, 3.8) is 0 Å². The van der Waals surface area contributed by atoms with Gasteiger partial charge in [0.2, 0.25) is 5.88 Å². The zero-order valence-electron chi connectivity index (χ0n) is 14.4. The zero-order valence-corrected chi connectivity index (χ0v) is 15.2. The van der Waals surface area contributed by atoms with E-state index < -0.39 is 0 Å². The molecule has 0 aliphatic heterocycles. The summed E-state index contributed by atoms with van der Waals surface area (Å²) in [6.07, 6.45) is 12.1. The summed E-state index contributed by atoms with van der Waals surface area (Å²) in [4.78, 5) is 4.74. The van der Waals surface area contributed by atoms with Gasteiger partial charge < -0.3 is 10.1 Å². The van der Waals surface area contributed by atoms with Gasteiger partial charge in [0.1, 0.15) is 11.6 Å². The quantitative estimate of drug-likeness (QED) is 0.772. The first-order valence-electron chi connectivity index (χ1n) is 8.40. The highest BCUT2D eigenvalue weighted by Gasteiger charge is 2.23. The fourth-order valence-electron chi connectivity index (χ4n) is 3.35. The molecule has 7 nitrogen and oxygen atoms in total. The number of hydrogen-bond acceptors (Lipinski definition) is 5. The maximum atomic E-state index is 6.29. The summed E-state index contributed by atoms with van der Waals surface area (Å²) < 4.78 is 9.88. The highest BCUT2D eigenvalue weighted by Crippen LogP contribution is 2.28. The highest BCUT2D eigenvalue weighted by molar-refractivity contribution is 5.85. The number of hydrogen-bond donors (Lipinski definition) is 1. The molecule has 0 bridgehead atoms. The van der Waals surface area contributed by atoms with Crippen molar-refractivity contribution in [2.45, 2.75) is 37.8 Å². The zero-order chi connectivity index (χ0) is 16.5. The Morgan fingerprint density at radius 3 is 2.88 bits per heavy atom. The molecule has 134 valence electrons. The average Bonchev–Trinajstić information content (AvgIpc) is 3.23. The normalized spacial score (nSPS) is 20.4. The van der Waals surface area contributed by atoms with Crippen LogP contribution >= 0.6 is 12.4 Å². The molecule has 0 spiro atoms. The molecule has 0 saturated heterocycles. The average molecular weight is 363 g/mol. The Morgan fingerprint density at radius 1 is 1.24 bits per heavy atom. The molecule has 3 aromatic heterocycles. The van der Waals surface area contributed by atoms with Crippen molar-refractivity contribution in [2.24, 2.45) is 7.05 Å². The van der Waals surface area contributed by atoms with E-state index in [1.54, 1.807) is 17.1 Å². The molecule has 0 radical (unpaired) electrons. The van der Waals surface area contributed by atoms with Crippen molar-refractivity contribution in [3.05, 3.63) is 30.9 Å². The molecule has 1 N–H and O–H groups in total. The van der Waals surface area contributed by atoms with Crippen molar-refractivity contribution < 1.29 is 4.74 Å². The number of nitrogens with one attached hydrogen (secondary N) is 1. The fourth-order valence-corrected chi connectivity index (χ4v) is 3.35. The standard InChI is InChI=1S/C17H22N6O.ClH/c1-18-13-4-3-5-14(8-13)24-17-16-6-7-19-23(16)11-15(21-17)12-9-20-22(2)10-12;/h6-7,9-11,13-14,18H,3-5,8H2,1-2H3;1H/t13-,14+;/m0./s1. The lowest BCUT2D eigenvalue weighted by Crippen LogP contribution is -2.36. The van der Waals surface area contributed by atoms with Gasteiger partial charge in [-0.25, -0.2) is 9.50 Å². The molecule has 0 unspecified atom stereocenters. The van der Waals surface area contributed by atoms with Crippen LogP contribution in [0.2, 0.25) is 0 Å². The molecule has 1 aliphatic rings. The van der Waals surface area contributed by atoms with E-state index in [1.165, 1.54) is 12.8 Å². The Hall–Kier alpha value is -2.12. The van der Waals surface area contributed by atoms with Gasteiger partial charge in [0.25, 0.3) is 0 Å². The minimum atomic E-state index is 0. The van der Waals surface area contributed by atoms with Crippen molar-refractivity contribution >= 4 is 17.9 Å². The first-order chi connectivity index (χ1) is 11.7. The van der Waals surface area contributed by atoms with E-state index in [2.05, 4.69) is 15.5 Å². The molecule has 0 aromatic carbocycles. The SMILES string of the molecule is CN[C@H]1CCC[C@@H](Oc2nc(-c3cnn(C)c3)cn3nccc23)C1.Cl. The maximum absolute atomic E-state index is 6.29. The van der Waals surface area contributed by atoms with E-state index >= 15 is 0 Å². The summed E-state index contributed by atoms with van der Waals surface area (Å²) in [6, 6.07) is 2.46. The van der Waals surface area contributed by atoms with Crippen LogP contribution in [-0.2, 0) is 7.05 Å². The van der Waals surface area contributed by atoms with E-state index in [1.807, 2.05) is 37.1 Å². The molecule has 3 aromatic rings. The fraction of sp³-hybridized carbons (Fsp3) is 0.471. The van der Waals surface area contributed by atoms with Crippen molar-refractivity contribution in [1.82, 2.24) is 29.7 Å². The van der Waals surface area contributed by atoms with E-state index in [-0.39, 0.29) is 18.5 Å².